The molecule has 8 nitrogen and oxygen atoms in total. The van der Waals surface area contributed by atoms with E-state index in [1.165, 1.54) is 0 Å². The number of aromatic nitrogens is 2. The molecule has 0 saturated carbocycles. The summed E-state index contributed by atoms with van der Waals surface area (Å²) in [4.78, 5) is 28.5. The Labute approximate surface area is 167 Å². The lowest BCUT2D eigenvalue weighted by atomic mass is 10.1. The van der Waals surface area contributed by atoms with Crippen molar-refractivity contribution in [2.75, 3.05) is 13.2 Å². The van der Waals surface area contributed by atoms with E-state index in [4.69, 9.17) is 10.5 Å². The molecule has 150 valence electrons. The van der Waals surface area contributed by atoms with Crippen LogP contribution in [0.4, 0.5) is 0 Å². The van der Waals surface area contributed by atoms with E-state index in [9.17, 15) is 14.7 Å². The number of rotatable bonds is 5. The van der Waals surface area contributed by atoms with Crippen LogP contribution in [0.1, 0.15) is 32.7 Å². The monoisotopic (exact) mass is 394 g/mol. The number of nitrogens with one attached hydrogen (secondary N) is 1. The number of ether oxygens (including phenoxy) is 1. The first-order chi connectivity index (χ1) is 14.0. The molecule has 3 aromatic rings. The van der Waals surface area contributed by atoms with Crippen molar-refractivity contribution < 1.29 is 19.4 Å². The predicted molar refractivity (Wildman–Crippen MR) is 106 cm³/mol. The van der Waals surface area contributed by atoms with Crippen molar-refractivity contribution in [1.82, 2.24) is 14.9 Å². The molecule has 1 aliphatic heterocycles. The number of carbonyl (C=O) groups excluding carboxylic acids is 2. The van der Waals surface area contributed by atoms with E-state index in [2.05, 4.69) is 10.3 Å². The summed E-state index contributed by atoms with van der Waals surface area (Å²) in [7, 11) is 0. The van der Waals surface area contributed by atoms with E-state index in [1.54, 1.807) is 24.5 Å². The second-order valence-corrected chi connectivity index (χ2v) is 7.11. The Morgan fingerprint density at radius 2 is 2.07 bits per heavy atom. The van der Waals surface area contributed by atoms with Crippen molar-refractivity contribution in [1.29, 1.82) is 0 Å². The van der Waals surface area contributed by atoms with Crippen molar-refractivity contribution in [2.45, 2.75) is 25.1 Å². The quantitative estimate of drug-likeness (QED) is 0.598. The van der Waals surface area contributed by atoms with Gasteiger partial charge in [-0.15, -0.1) is 0 Å². The highest BCUT2D eigenvalue weighted by Crippen LogP contribution is 2.21. The topological polar surface area (TPSA) is 119 Å². The Balaban J connectivity index is 1.61. The first kappa shape index (κ1) is 19.1. The van der Waals surface area contributed by atoms with Gasteiger partial charge in [0.1, 0.15) is 5.52 Å². The number of hydrogen-bond acceptors (Lipinski definition) is 5. The molecule has 1 fully saturated rings. The molecule has 4 rings (SSSR count). The lowest BCUT2D eigenvalue weighted by molar-refractivity contribution is -0.0260. The number of nitrogens with two attached hydrogens (primary N) is 1. The molecule has 0 radical (unpaired) electrons. The van der Waals surface area contributed by atoms with Gasteiger partial charge in [-0.1, -0.05) is 12.1 Å². The smallest absolute Gasteiger partial charge is 0.255 e. The molecule has 8 heteroatoms. The van der Waals surface area contributed by atoms with Crippen LogP contribution in [0.5, 0.6) is 0 Å². The van der Waals surface area contributed by atoms with Gasteiger partial charge in [0.05, 0.1) is 29.8 Å². The van der Waals surface area contributed by atoms with Crippen LogP contribution in [-0.2, 0) is 11.3 Å². The number of nitrogens with zero attached hydrogens (tertiary/aromatic N) is 2. The van der Waals surface area contributed by atoms with Crippen LogP contribution < -0.4 is 11.1 Å². The van der Waals surface area contributed by atoms with Crippen molar-refractivity contribution in [3.63, 3.8) is 0 Å². The van der Waals surface area contributed by atoms with Gasteiger partial charge in [0.2, 0.25) is 5.91 Å². The zero-order chi connectivity index (χ0) is 20.4. The average Bonchev–Trinajstić information content (AvgIpc) is 3.09. The third-order valence-corrected chi connectivity index (χ3v) is 5.11. The van der Waals surface area contributed by atoms with Crippen molar-refractivity contribution >= 4 is 22.8 Å². The van der Waals surface area contributed by atoms with Crippen molar-refractivity contribution in [2.24, 2.45) is 5.73 Å². The number of amides is 2. The fourth-order valence-corrected chi connectivity index (χ4v) is 3.53. The second kappa shape index (κ2) is 8.02. The molecule has 0 aliphatic carbocycles. The van der Waals surface area contributed by atoms with Gasteiger partial charge in [0.25, 0.3) is 5.91 Å². The number of aliphatic hydroxyl groups is 1. The third-order valence-electron chi connectivity index (χ3n) is 5.11. The van der Waals surface area contributed by atoms with Crippen LogP contribution in [0.15, 0.2) is 48.8 Å². The van der Waals surface area contributed by atoms with Gasteiger partial charge in [0.15, 0.2) is 0 Å². The molecule has 29 heavy (non-hydrogen) atoms. The average molecular weight is 394 g/mol. The molecule has 2 aromatic heterocycles. The highest BCUT2D eigenvalue weighted by molar-refractivity contribution is 6.05. The summed E-state index contributed by atoms with van der Waals surface area (Å²) in [5.74, 6) is -0.746. The summed E-state index contributed by atoms with van der Waals surface area (Å²) >= 11 is 0. The van der Waals surface area contributed by atoms with Crippen LogP contribution in [0.2, 0.25) is 0 Å². The summed E-state index contributed by atoms with van der Waals surface area (Å²) in [5, 5.41) is 12.9. The first-order valence-corrected chi connectivity index (χ1v) is 9.42. The van der Waals surface area contributed by atoms with Gasteiger partial charge in [-0.2, -0.15) is 0 Å². The lowest BCUT2D eigenvalue weighted by Crippen LogP contribution is -2.48. The van der Waals surface area contributed by atoms with Gasteiger partial charge in [-0.25, -0.2) is 0 Å². The molecule has 1 saturated heterocycles. The molecular weight excluding hydrogens is 372 g/mol. The van der Waals surface area contributed by atoms with Gasteiger partial charge in [0, 0.05) is 31.1 Å². The molecule has 0 bridgehead atoms. The lowest BCUT2D eigenvalue weighted by Gasteiger charge is -2.28. The van der Waals surface area contributed by atoms with E-state index >= 15 is 0 Å². The zero-order valence-electron chi connectivity index (χ0n) is 15.7. The number of hydrogen-bond donors (Lipinski definition) is 3. The standard InChI is InChI=1S/C21H22N4O4/c22-20(27)14-5-3-13(4-6-14)10-25-11-15(19-17(25)2-1-8-23-19)21(28)24-16-7-9-29-12-18(16)26/h1-6,8,11,16,18,26H,7,9-10,12H2,(H2,22,27)(H,24,28)/t16-,18-/m1/s1. The maximum atomic E-state index is 12.9. The zero-order valence-corrected chi connectivity index (χ0v) is 15.7. The minimum atomic E-state index is -0.724. The number of aliphatic hydroxyl groups excluding tert-OH is 1. The third kappa shape index (κ3) is 3.98. The summed E-state index contributed by atoms with van der Waals surface area (Å²) in [6.07, 6.45) is 3.25. The summed E-state index contributed by atoms with van der Waals surface area (Å²) in [6.45, 7) is 1.23. The normalized spacial score (nSPS) is 19.2. The largest absolute Gasteiger partial charge is 0.389 e. The molecular formula is C21H22N4O4. The van der Waals surface area contributed by atoms with Crippen LogP contribution in [0.25, 0.3) is 11.0 Å². The number of benzene rings is 1. The Kier molecular flexibility index (Phi) is 5.28. The Morgan fingerprint density at radius 3 is 2.79 bits per heavy atom. The number of primary amides is 1. The van der Waals surface area contributed by atoms with E-state index in [0.717, 1.165) is 11.1 Å². The van der Waals surface area contributed by atoms with Crippen LogP contribution >= 0.6 is 0 Å². The molecule has 3 heterocycles. The van der Waals surface area contributed by atoms with Gasteiger partial charge in [-0.05, 0) is 36.2 Å². The van der Waals surface area contributed by atoms with Gasteiger partial charge < -0.3 is 25.5 Å². The van der Waals surface area contributed by atoms with Gasteiger partial charge in [-0.3, -0.25) is 14.6 Å². The van der Waals surface area contributed by atoms with E-state index in [1.807, 2.05) is 28.8 Å². The number of fused-ring (bicyclic) bond motifs is 1. The Morgan fingerprint density at radius 1 is 1.28 bits per heavy atom. The minimum Gasteiger partial charge on any atom is -0.389 e. The molecule has 1 aliphatic rings. The molecule has 4 N–H and O–H groups in total. The van der Waals surface area contributed by atoms with Crippen LogP contribution in [-0.4, -0.2) is 51.8 Å². The van der Waals surface area contributed by atoms with Crippen molar-refractivity contribution in [3.8, 4) is 0 Å². The maximum absolute atomic E-state index is 12.9. The van der Waals surface area contributed by atoms with Crippen LogP contribution in [0.3, 0.4) is 0 Å². The highest BCUT2D eigenvalue weighted by Gasteiger charge is 2.27. The summed E-state index contributed by atoms with van der Waals surface area (Å²) in [6, 6.07) is 10.4. The number of pyridine rings is 1. The van der Waals surface area contributed by atoms with Crippen LogP contribution in [0, 0.1) is 0 Å². The molecule has 0 spiro atoms. The fraction of sp³-hybridized carbons (Fsp3) is 0.286. The van der Waals surface area contributed by atoms with E-state index < -0.39 is 12.0 Å². The predicted octanol–water partition coefficient (Wildman–Crippen LogP) is 1.06. The van der Waals surface area contributed by atoms with Gasteiger partial charge >= 0.3 is 0 Å². The summed E-state index contributed by atoms with van der Waals surface area (Å²) < 4.78 is 7.16. The summed E-state index contributed by atoms with van der Waals surface area (Å²) in [5.41, 5.74) is 8.57. The maximum Gasteiger partial charge on any atom is 0.255 e. The minimum absolute atomic E-state index is 0.215. The Bertz CT molecular complexity index is 1040. The van der Waals surface area contributed by atoms with E-state index in [0.29, 0.717) is 36.2 Å². The SMILES string of the molecule is NC(=O)c1ccc(Cn2cc(C(=O)N[C@@H]3CCOC[C@H]3O)c3ncccc32)cc1. The molecule has 1 aromatic carbocycles. The molecule has 2 amide bonds. The molecule has 0 unspecified atom stereocenters. The van der Waals surface area contributed by atoms with Crippen molar-refractivity contribution in [3.05, 3.63) is 65.5 Å². The Hall–Kier alpha value is -3.23. The fourth-order valence-electron chi connectivity index (χ4n) is 3.53. The molecule has 2 atom stereocenters. The number of carbonyl (C=O) groups is 2. The van der Waals surface area contributed by atoms with E-state index in [-0.39, 0.29) is 18.6 Å². The highest BCUT2D eigenvalue weighted by atomic mass is 16.5. The first-order valence-electron chi connectivity index (χ1n) is 9.42. The second-order valence-electron chi connectivity index (χ2n) is 7.11.